The molecule has 0 N–H and O–H groups in total. The summed E-state index contributed by atoms with van der Waals surface area (Å²) in [7, 11) is 0. The van der Waals surface area contributed by atoms with E-state index in [2.05, 4.69) is 27.7 Å². The predicted molar refractivity (Wildman–Crippen MR) is 62.4 cm³/mol. The maximum Gasteiger partial charge on any atom is 0.230 e. The van der Waals surface area contributed by atoms with Crippen LogP contribution < -0.4 is 0 Å². The summed E-state index contributed by atoms with van der Waals surface area (Å²) < 4.78 is 0. The first-order valence-corrected chi connectivity index (χ1v) is 6.01. The number of hydrogen-bond acceptors (Lipinski definition) is 4. The quantitative estimate of drug-likeness (QED) is 0.348. The minimum absolute atomic E-state index is 0.428. The molecule has 0 heterocycles. The van der Waals surface area contributed by atoms with E-state index in [1.54, 1.807) is 6.92 Å². The van der Waals surface area contributed by atoms with Gasteiger partial charge < -0.3 is 0 Å². The Kier molecular flexibility index (Phi) is 7.93. The summed E-state index contributed by atoms with van der Waals surface area (Å²) in [6, 6.07) is 0. The molecule has 0 unspecified atom stereocenters. The Bertz CT molecular complexity index is 154. The van der Waals surface area contributed by atoms with Crippen LogP contribution in [0.1, 0.15) is 48.0 Å². The molecule has 0 saturated heterocycles. The monoisotopic (exact) mass is 234 g/mol. The summed E-state index contributed by atoms with van der Waals surface area (Å²) >= 11 is 0. The molecule has 0 aliphatic carbocycles. The average molecular weight is 234 g/mol. The van der Waals surface area contributed by atoms with E-state index < -0.39 is 5.79 Å². The zero-order valence-corrected chi connectivity index (χ0v) is 11.4. The first-order valence-electron chi connectivity index (χ1n) is 6.01. The normalized spacial score (nSPS) is 12.8. The highest BCUT2D eigenvalue weighted by atomic mass is 17.3. The maximum atomic E-state index is 5.22. The summed E-state index contributed by atoms with van der Waals surface area (Å²) in [4.78, 5) is 20.7. The molecule has 98 valence electrons. The molecule has 0 saturated carbocycles. The largest absolute Gasteiger partial charge is 0.233 e. The Morgan fingerprint density at radius 3 is 1.50 bits per heavy atom. The second-order valence-corrected chi connectivity index (χ2v) is 5.01. The molecule has 0 spiro atoms. The van der Waals surface area contributed by atoms with Crippen molar-refractivity contribution in [1.82, 2.24) is 0 Å². The standard InChI is InChI=1S/C12H26O4/c1-7-12(6,15-13-8-10(2)3)16-14-9-11(4)5/h10-11H,7-9H2,1-6H3. The Labute approximate surface area is 99.1 Å². The summed E-state index contributed by atoms with van der Waals surface area (Å²) in [5.41, 5.74) is 0. The van der Waals surface area contributed by atoms with Gasteiger partial charge in [0, 0.05) is 6.42 Å². The maximum absolute atomic E-state index is 5.22. The van der Waals surface area contributed by atoms with Crippen LogP contribution >= 0.6 is 0 Å². The fraction of sp³-hybridized carbons (Fsp3) is 1.00. The minimum Gasteiger partial charge on any atom is -0.233 e. The van der Waals surface area contributed by atoms with Crippen molar-refractivity contribution in [2.75, 3.05) is 13.2 Å². The van der Waals surface area contributed by atoms with Gasteiger partial charge in [0.05, 0.1) is 13.2 Å². The topological polar surface area (TPSA) is 36.9 Å². The van der Waals surface area contributed by atoms with E-state index in [9.17, 15) is 0 Å². The van der Waals surface area contributed by atoms with Gasteiger partial charge in [-0.15, -0.1) is 0 Å². The molecule has 0 rings (SSSR count). The molecule has 4 nitrogen and oxygen atoms in total. The number of hydrogen-bond donors (Lipinski definition) is 0. The van der Waals surface area contributed by atoms with Crippen molar-refractivity contribution in [2.24, 2.45) is 11.8 Å². The zero-order valence-electron chi connectivity index (χ0n) is 11.4. The summed E-state index contributed by atoms with van der Waals surface area (Å²) in [5, 5.41) is 0. The fourth-order valence-corrected chi connectivity index (χ4v) is 0.721. The van der Waals surface area contributed by atoms with Crippen molar-refractivity contribution < 1.29 is 19.6 Å². The second kappa shape index (κ2) is 8.01. The van der Waals surface area contributed by atoms with E-state index in [1.165, 1.54) is 0 Å². The lowest BCUT2D eigenvalue weighted by molar-refractivity contribution is -0.509. The molecule has 0 aliphatic rings. The van der Waals surface area contributed by atoms with Gasteiger partial charge in [0.1, 0.15) is 0 Å². The van der Waals surface area contributed by atoms with Gasteiger partial charge in [-0.3, -0.25) is 0 Å². The summed E-state index contributed by atoms with van der Waals surface area (Å²) in [6.45, 7) is 13.1. The molecule has 0 fully saturated rings. The van der Waals surface area contributed by atoms with Gasteiger partial charge in [-0.25, -0.2) is 9.78 Å². The number of rotatable bonds is 9. The lowest BCUT2D eigenvalue weighted by atomic mass is 10.2. The molecule has 0 aromatic carbocycles. The van der Waals surface area contributed by atoms with Gasteiger partial charge in [-0.1, -0.05) is 34.6 Å². The molecule has 16 heavy (non-hydrogen) atoms. The molecule has 0 aromatic rings. The highest BCUT2D eigenvalue weighted by molar-refractivity contribution is 4.54. The Morgan fingerprint density at radius 1 is 0.875 bits per heavy atom. The molecule has 4 heteroatoms. The Balaban J connectivity index is 3.81. The van der Waals surface area contributed by atoms with E-state index >= 15 is 0 Å². The van der Waals surface area contributed by atoms with Crippen molar-refractivity contribution >= 4 is 0 Å². The minimum atomic E-state index is -0.830. The van der Waals surface area contributed by atoms with Crippen LogP contribution in [0.25, 0.3) is 0 Å². The first kappa shape index (κ1) is 15.8. The van der Waals surface area contributed by atoms with Crippen LogP contribution in [0.2, 0.25) is 0 Å². The summed E-state index contributed by atoms with van der Waals surface area (Å²) in [6.07, 6.45) is 0.656. The van der Waals surface area contributed by atoms with E-state index in [-0.39, 0.29) is 0 Å². The SMILES string of the molecule is CCC(C)(OOCC(C)C)OOCC(C)C. The Morgan fingerprint density at radius 2 is 1.25 bits per heavy atom. The average Bonchev–Trinajstić information content (AvgIpc) is 2.16. The molecule has 0 atom stereocenters. The van der Waals surface area contributed by atoms with Gasteiger partial charge in [-0.2, -0.15) is 9.78 Å². The smallest absolute Gasteiger partial charge is 0.230 e. The second-order valence-electron chi connectivity index (χ2n) is 5.01. The molecular weight excluding hydrogens is 208 g/mol. The third-order valence-corrected chi connectivity index (χ3v) is 1.92. The van der Waals surface area contributed by atoms with Gasteiger partial charge in [0.15, 0.2) is 0 Å². The zero-order chi connectivity index (χ0) is 12.6. The van der Waals surface area contributed by atoms with Crippen LogP contribution in [-0.2, 0) is 19.6 Å². The molecule has 0 aliphatic heterocycles. The first-order chi connectivity index (χ1) is 7.39. The van der Waals surface area contributed by atoms with E-state index in [1.807, 2.05) is 6.92 Å². The summed E-state index contributed by atoms with van der Waals surface area (Å²) in [5.74, 6) is 0.0272. The molecule has 0 aromatic heterocycles. The van der Waals surface area contributed by atoms with E-state index in [0.29, 0.717) is 31.5 Å². The lowest BCUT2D eigenvalue weighted by Crippen LogP contribution is -2.32. The van der Waals surface area contributed by atoms with E-state index in [0.717, 1.165) is 0 Å². The van der Waals surface area contributed by atoms with E-state index in [4.69, 9.17) is 19.6 Å². The van der Waals surface area contributed by atoms with Gasteiger partial charge in [0.25, 0.3) is 0 Å². The highest BCUT2D eigenvalue weighted by Crippen LogP contribution is 2.18. The van der Waals surface area contributed by atoms with Crippen LogP contribution in [0, 0.1) is 11.8 Å². The highest BCUT2D eigenvalue weighted by Gasteiger charge is 2.27. The van der Waals surface area contributed by atoms with Gasteiger partial charge >= 0.3 is 0 Å². The van der Waals surface area contributed by atoms with Crippen LogP contribution in [-0.4, -0.2) is 19.0 Å². The van der Waals surface area contributed by atoms with Crippen molar-refractivity contribution in [2.45, 2.75) is 53.8 Å². The third-order valence-electron chi connectivity index (χ3n) is 1.92. The van der Waals surface area contributed by atoms with Crippen LogP contribution in [0.5, 0.6) is 0 Å². The Hall–Kier alpha value is -0.160. The fourth-order valence-electron chi connectivity index (χ4n) is 0.721. The molecule has 0 bridgehead atoms. The molecule has 0 amide bonds. The van der Waals surface area contributed by atoms with Crippen LogP contribution in [0.15, 0.2) is 0 Å². The van der Waals surface area contributed by atoms with Crippen molar-refractivity contribution in [1.29, 1.82) is 0 Å². The lowest BCUT2D eigenvalue weighted by Gasteiger charge is -2.26. The van der Waals surface area contributed by atoms with Gasteiger partial charge in [-0.05, 0) is 18.8 Å². The van der Waals surface area contributed by atoms with Crippen molar-refractivity contribution in [3.05, 3.63) is 0 Å². The molecule has 0 radical (unpaired) electrons. The van der Waals surface area contributed by atoms with Crippen LogP contribution in [0.4, 0.5) is 0 Å². The van der Waals surface area contributed by atoms with Crippen molar-refractivity contribution in [3.63, 3.8) is 0 Å². The predicted octanol–water partition coefficient (Wildman–Crippen LogP) is 3.32. The third kappa shape index (κ3) is 8.05. The van der Waals surface area contributed by atoms with Crippen LogP contribution in [0.3, 0.4) is 0 Å². The van der Waals surface area contributed by atoms with Gasteiger partial charge in [0.2, 0.25) is 5.79 Å². The molecular formula is C12H26O4. The van der Waals surface area contributed by atoms with Crippen molar-refractivity contribution in [3.8, 4) is 0 Å².